The van der Waals surface area contributed by atoms with E-state index >= 15 is 0 Å². The number of hydrogen-bond donors (Lipinski definition) is 2. The lowest BCUT2D eigenvalue weighted by Gasteiger charge is -2.24. The molecule has 0 unspecified atom stereocenters. The molecule has 0 aliphatic carbocycles. The molecule has 0 bridgehead atoms. The number of aromatic nitrogens is 2. The maximum Gasteiger partial charge on any atom is 0.271 e. The average molecular weight is 538 g/mol. The molecule has 4 aromatic rings. The first-order chi connectivity index (χ1) is 17.6. The fourth-order valence-electron chi connectivity index (χ4n) is 4.28. The van der Waals surface area contributed by atoms with E-state index in [4.69, 9.17) is 11.6 Å². The van der Waals surface area contributed by atoms with Crippen molar-refractivity contribution in [2.45, 2.75) is 42.9 Å². The molecule has 0 radical (unpaired) electrons. The lowest BCUT2D eigenvalue weighted by Crippen LogP contribution is -2.23. The van der Waals surface area contributed by atoms with E-state index in [2.05, 4.69) is 9.97 Å². The summed E-state index contributed by atoms with van der Waals surface area (Å²) < 4.78 is 27.3. The lowest BCUT2D eigenvalue weighted by atomic mass is 10.0. The summed E-state index contributed by atoms with van der Waals surface area (Å²) in [4.78, 5) is 20.8. The maximum atomic E-state index is 13.6. The van der Waals surface area contributed by atoms with Crippen LogP contribution in [0.3, 0.4) is 0 Å². The zero-order chi connectivity index (χ0) is 26.7. The van der Waals surface area contributed by atoms with Crippen molar-refractivity contribution in [2.24, 2.45) is 0 Å². The number of H-pyrrole nitrogens is 1. The first kappa shape index (κ1) is 26.4. The Labute approximate surface area is 221 Å². The van der Waals surface area contributed by atoms with Gasteiger partial charge < -0.3 is 15.0 Å². The van der Waals surface area contributed by atoms with Gasteiger partial charge in [0.25, 0.3) is 5.56 Å². The molecule has 37 heavy (non-hydrogen) atoms. The molecule has 2 aromatic carbocycles. The third-order valence-electron chi connectivity index (χ3n) is 6.29. The number of nitrogens with one attached hydrogen (secondary N) is 1. The Hall–Kier alpha value is -3.62. The predicted octanol–water partition coefficient (Wildman–Crippen LogP) is 6.05. The average Bonchev–Trinajstić information content (AvgIpc) is 2.87. The Morgan fingerprint density at radius 3 is 2.35 bits per heavy atom. The minimum absolute atomic E-state index is 0.0924. The molecule has 0 fully saturated rings. The second kappa shape index (κ2) is 10.8. The van der Waals surface area contributed by atoms with E-state index in [1.807, 2.05) is 19.9 Å². The second-order valence-corrected chi connectivity index (χ2v) is 11.1. The largest absolute Gasteiger partial charge is 0.504 e. The first-order valence-corrected chi connectivity index (χ1v) is 13.7. The van der Waals surface area contributed by atoms with Crippen LogP contribution in [0.2, 0.25) is 5.02 Å². The monoisotopic (exact) mass is 537 g/mol. The number of rotatable bonds is 8. The molecule has 4 rings (SSSR count). The number of sulfone groups is 1. The van der Waals surface area contributed by atoms with Crippen molar-refractivity contribution in [3.05, 3.63) is 93.6 Å². The molecule has 7 nitrogen and oxygen atoms in total. The van der Waals surface area contributed by atoms with Crippen LogP contribution in [0, 0.1) is 6.92 Å². The van der Waals surface area contributed by atoms with Gasteiger partial charge in [0.2, 0.25) is 9.84 Å². The van der Waals surface area contributed by atoms with Crippen molar-refractivity contribution in [2.75, 3.05) is 11.9 Å². The molecule has 0 spiro atoms. The van der Waals surface area contributed by atoms with Gasteiger partial charge in [-0.05, 0) is 78.9 Å². The number of aryl methyl sites for hydroxylation is 2. The number of anilines is 2. The Morgan fingerprint density at radius 2 is 1.73 bits per heavy atom. The van der Waals surface area contributed by atoms with Crippen LogP contribution in [-0.2, 0) is 16.3 Å². The van der Waals surface area contributed by atoms with E-state index in [9.17, 15) is 18.3 Å². The molecule has 0 aliphatic heterocycles. The van der Waals surface area contributed by atoms with E-state index in [1.165, 1.54) is 12.1 Å². The van der Waals surface area contributed by atoms with E-state index < -0.39 is 26.0 Å². The van der Waals surface area contributed by atoms with Gasteiger partial charge in [-0.1, -0.05) is 37.1 Å². The molecular weight excluding hydrogens is 510 g/mol. The summed E-state index contributed by atoms with van der Waals surface area (Å²) in [5.74, 6) is -0.582. The number of nitrogens with zero attached hydrogens (tertiary/aromatic N) is 2. The third kappa shape index (κ3) is 5.26. The molecule has 192 valence electrons. The van der Waals surface area contributed by atoms with Gasteiger partial charge >= 0.3 is 0 Å². The summed E-state index contributed by atoms with van der Waals surface area (Å²) in [5, 5.41) is 11.9. The summed E-state index contributed by atoms with van der Waals surface area (Å²) in [6, 6.07) is 15.0. The van der Waals surface area contributed by atoms with Crippen molar-refractivity contribution < 1.29 is 13.5 Å². The van der Waals surface area contributed by atoms with Gasteiger partial charge in [0.05, 0.1) is 4.90 Å². The van der Waals surface area contributed by atoms with Crippen LogP contribution in [0.25, 0.3) is 11.1 Å². The fraction of sp³-hybridized carbons (Fsp3) is 0.214. The van der Waals surface area contributed by atoms with Crippen molar-refractivity contribution in [3.8, 4) is 16.9 Å². The number of pyridine rings is 2. The van der Waals surface area contributed by atoms with Gasteiger partial charge in [-0.3, -0.25) is 9.78 Å². The normalized spacial score (nSPS) is 11.5. The fourth-order valence-corrected chi connectivity index (χ4v) is 5.78. The van der Waals surface area contributed by atoms with Gasteiger partial charge in [0.1, 0.15) is 5.69 Å². The van der Waals surface area contributed by atoms with Crippen molar-refractivity contribution >= 4 is 32.8 Å². The first-order valence-electron chi connectivity index (χ1n) is 11.9. The van der Waals surface area contributed by atoms with Gasteiger partial charge in [-0.2, -0.15) is 0 Å². The van der Waals surface area contributed by atoms with E-state index in [1.54, 1.807) is 60.7 Å². The molecule has 0 saturated carbocycles. The zero-order valence-corrected chi connectivity index (χ0v) is 22.4. The Balaban J connectivity index is 1.84. The zero-order valence-electron chi connectivity index (χ0n) is 20.8. The minimum atomic E-state index is -4.35. The van der Waals surface area contributed by atoms with Crippen LogP contribution in [0.4, 0.5) is 11.4 Å². The van der Waals surface area contributed by atoms with E-state index in [0.717, 1.165) is 29.5 Å². The Bertz CT molecular complexity index is 1580. The maximum absolute atomic E-state index is 13.6. The van der Waals surface area contributed by atoms with Crippen LogP contribution in [0.15, 0.2) is 81.6 Å². The van der Waals surface area contributed by atoms with E-state index in [0.29, 0.717) is 22.8 Å². The van der Waals surface area contributed by atoms with Gasteiger partial charge in [-0.25, -0.2) is 8.42 Å². The smallest absolute Gasteiger partial charge is 0.271 e. The number of hydrogen-bond acceptors (Lipinski definition) is 6. The third-order valence-corrected chi connectivity index (χ3v) is 8.35. The van der Waals surface area contributed by atoms with Crippen LogP contribution in [-0.4, -0.2) is 30.5 Å². The molecule has 0 amide bonds. The van der Waals surface area contributed by atoms with Crippen molar-refractivity contribution in [1.29, 1.82) is 0 Å². The van der Waals surface area contributed by atoms with E-state index in [-0.39, 0.29) is 10.6 Å². The highest BCUT2D eigenvalue weighted by molar-refractivity contribution is 7.91. The molecule has 2 heterocycles. The summed E-state index contributed by atoms with van der Waals surface area (Å²) >= 11 is 6.03. The number of halogens is 1. The van der Waals surface area contributed by atoms with Crippen molar-refractivity contribution in [3.63, 3.8) is 0 Å². The molecule has 0 atom stereocenters. The highest BCUT2D eigenvalue weighted by Crippen LogP contribution is 2.40. The predicted molar refractivity (Wildman–Crippen MR) is 147 cm³/mol. The molecule has 2 aromatic heterocycles. The number of aromatic hydroxyl groups is 1. The number of aromatic amines is 1. The number of unbranched alkanes of at least 4 members (excludes halogenated alkanes) is 1. The quantitative estimate of drug-likeness (QED) is 0.284. The van der Waals surface area contributed by atoms with Gasteiger partial charge in [0.15, 0.2) is 10.6 Å². The second-order valence-electron chi connectivity index (χ2n) is 8.82. The van der Waals surface area contributed by atoms with Crippen LogP contribution in [0.5, 0.6) is 5.75 Å². The highest BCUT2D eigenvalue weighted by Gasteiger charge is 2.30. The molecule has 0 saturated heterocycles. The molecule has 9 heteroatoms. The standard InChI is InChI=1S/C28H28ClN3O4S/c1-4-5-6-24-25(32(3)21-11-9-20(29)10-12-21)26(33)27(28(34)31-24)37(35,36)22-13-7-19(8-14-22)23-15-16-30-17-18(23)2/h7-17H,4-6H2,1-3H3,(H2,31,33,34). The Kier molecular flexibility index (Phi) is 7.71. The Morgan fingerprint density at radius 1 is 1.05 bits per heavy atom. The topological polar surface area (TPSA) is 103 Å². The number of benzene rings is 2. The highest BCUT2D eigenvalue weighted by atomic mass is 35.5. The molecule has 2 N–H and O–H groups in total. The van der Waals surface area contributed by atoms with Crippen LogP contribution < -0.4 is 10.5 Å². The SMILES string of the molecule is CCCCc1[nH]c(=O)c(S(=O)(=O)c2ccc(-c3ccncc3C)cc2)c(O)c1N(C)c1ccc(Cl)cc1. The van der Waals surface area contributed by atoms with Crippen molar-refractivity contribution in [1.82, 2.24) is 9.97 Å². The summed E-state index contributed by atoms with van der Waals surface area (Å²) in [5.41, 5.74) is 3.20. The minimum Gasteiger partial charge on any atom is -0.504 e. The van der Waals surface area contributed by atoms with Gasteiger partial charge in [0, 0.05) is 35.8 Å². The molecular formula is C28H28ClN3O4S. The lowest BCUT2D eigenvalue weighted by molar-refractivity contribution is 0.455. The van der Waals surface area contributed by atoms with Crippen LogP contribution >= 0.6 is 11.6 Å². The van der Waals surface area contributed by atoms with Gasteiger partial charge in [-0.15, -0.1) is 0 Å². The summed E-state index contributed by atoms with van der Waals surface area (Å²) in [6.45, 7) is 3.93. The van der Waals surface area contributed by atoms with Crippen LogP contribution in [0.1, 0.15) is 31.0 Å². The summed E-state index contributed by atoms with van der Waals surface area (Å²) in [6.07, 6.45) is 5.47. The molecule has 0 aliphatic rings. The summed E-state index contributed by atoms with van der Waals surface area (Å²) in [7, 11) is -2.64.